The fourth-order valence-electron chi connectivity index (χ4n) is 4.47. The number of anilines is 1. The van der Waals surface area contributed by atoms with Crippen LogP contribution >= 0.6 is 0 Å². The number of nitrogens with zero attached hydrogens (tertiary/aromatic N) is 1. The molecule has 4 rings (SSSR count). The minimum atomic E-state index is -3.98. The molecule has 0 spiro atoms. The predicted octanol–water partition coefficient (Wildman–Crippen LogP) is 3.92. The van der Waals surface area contributed by atoms with E-state index in [1.807, 2.05) is 0 Å². The van der Waals surface area contributed by atoms with Crippen LogP contribution in [-0.2, 0) is 26.2 Å². The van der Waals surface area contributed by atoms with E-state index in [0.29, 0.717) is 16.7 Å². The molecule has 2 aromatic rings. The van der Waals surface area contributed by atoms with E-state index in [2.05, 4.69) is 4.72 Å². The van der Waals surface area contributed by atoms with E-state index in [0.717, 1.165) is 31.7 Å². The molecule has 2 atom stereocenters. The largest absolute Gasteiger partial charge is 0.280 e. The van der Waals surface area contributed by atoms with Crippen molar-refractivity contribution in [3.05, 3.63) is 58.9 Å². The summed E-state index contributed by atoms with van der Waals surface area (Å²) < 4.78 is 42.2. The Bertz CT molecular complexity index is 1140. The lowest BCUT2D eigenvalue weighted by Gasteiger charge is -2.19. The molecule has 2 fully saturated rings. The average molecular weight is 445 g/mol. The molecule has 0 aromatic heterocycles. The van der Waals surface area contributed by atoms with Crippen LogP contribution in [0.2, 0.25) is 0 Å². The molecule has 0 radical (unpaired) electrons. The van der Waals surface area contributed by atoms with Gasteiger partial charge in [-0.1, -0.05) is 31.0 Å². The number of halogens is 1. The number of hydrogen-bond donors (Lipinski definition) is 1. The molecule has 1 saturated carbocycles. The maximum absolute atomic E-state index is 13.8. The summed E-state index contributed by atoms with van der Waals surface area (Å²) in [5.41, 5.74) is 1.61. The second-order valence-electron chi connectivity index (χ2n) is 8.43. The third kappa shape index (κ3) is 4.08. The highest BCUT2D eigenvalue weighted by Crippen LogP contribution is 2.38. The van der Waals surface area contributed by atoms with E-state index in [1.54, 1.807) is 26.0 Å². The fraction of sp³-hybridized carbons (Fsp3) is 0.391. The first-order chi connectivity index (χ1) is 14.7. The van der Waals surface area contributed by atoms with Gasteiger partial charge in [0.25, 0.3) is 10.0 Å². The number of imide groups is 1. The summed E-state index contributed by atoms with van der Waals surface area (Å²) >= 11 is 0. The second-order valence-corrected chi connectivity index (χ2v) is 10.1. The summed E-state index contributed by atoms with van der Waals surface area (Å²) in [6, 6.07) is 8.99. The standard InChI is InChI=1S/C23H25FN2O4S/c1-14-8-10-17(12-20(14)24)25-31(29,30)21-11-16(9-7-15(21)2)13-26-22(27)18-5-3-4-6-19(18)23(26)28/h7-12,18-19,25H,3-6,13H2,1-2H3. The highest BCUT2D eigenvalue weighted by Gasteiger charge is 2.47. The van der Waals surface area contributed by atoms with Crippen LogP contribution in [0.25, 0.3) is 0 Å². The highest BCUT2D eigenvalue weighted by molar-refractivity contribution is 7.92. The topological polar surface area (TPSA) is 83.6 Å². The van der Waals surface area contributed by atoms with Crippen LogP contribution in [0.4, 0.5) is 10.1 Å². The molecule has 2 aromatic carbocycles. The lowest BCUT2D eigenvalue weighted by Crippen LogP contribution is -2.30. The number of hydrogen-bond acceptors (Lipinski definition) is 4. The Hall–Kier alpha value is -2.74. The third-order valence-electron chi connectivity index (χ3n) is 6.24. The molecular formula is C23H25FN2O4S. The molecule has 1 N–H and O–H groups in total. The Kier molecular flexibility index (Phi) is 5.60. The van der Waals surface area contributed by atoms with Gasteiger partial charge >= 0.3 is 0 Å². The van der Waals surface area contributed by atoms with E-state index in [-0.39, 0.29) is 40.8 Å². The minimum absolute atomic E-state index is 0.0301. The normalized spacial score (nSPS) is 21.3. The zero-order chi connectivity index (χ0) is 22.3. The lowest BCUT2D eigenvalue weighted by atomic mass is 9.81. The molecule has 2 amide bonds. The van der Waals surface area contributed by atoms with Crippen molar-refractivity contribution in [2.75, 3.05) is 4.72 Å². The molecule has 2 aliphatic rings. The quantitative estimate of drug-likeness (QED) is 0.709. The number of carbonyl (C=O) groups excluding carboxylic acids is 2. The van der Waals surface area contributed by atoms with Gasteiger partial charge in [0.15, 0.2) is 0 Å². The monoisotopic (exact) mass is 444 g/mol. The van der Waals surface area contributed by atoms with E-state index >= 15 is 0 Å². The van der Waals surface area contributed by atoms with Gasteiger partial charge in [0.1, 0.15) is 5.82 Å². The number of nitrogens with one attached hydrogen (secondary N) is 1. The van der Waals surface area contributed by atoms with Crippen LogP contribution in [0.5, 0.6) is 0 Å². The van der Waals surface area contributed by atoms with Gasteiger partial charge in [-0.25, -0.2) is 12.8 Å². The van der Waals surface area contributed by atoms with E-state index in [4.69, 9.17) is 0 Å². The first kappa shape index (κ1) is 21.5. The summed E-state index contributed by atoms with van der Waals surface area (Å²) in [6.45, 7) is 3.31. The number of fused-ring (bicyclic) bond motifs is 1. The Morgan fingerprint density at radius 3 is 2.19 bits per heavy atom. The van der Waals surface area contributed by atoms with Crippen molar-refractivity contribution >= 4 is 27.5 Å². The predicted molar refractivity (Wildman–Crippen MR) is 114 cm³/mol. The molecule has 1 saturated heterocycles. The van der Waals surface area contributed by atoms with Crippen LogP contribution in [0.1, 0.15) is 42.4 Å². The Morgan fingerprint density at radius 2 is 1.58 bits per heavy atom. The van der Waals surface area contributed by atoms with Crippen molar-refractivity contribution in [3.63, 3.8) is 0 Å². The van der Waals surface area contributed by atoms with Crippen molar-refractivity contribution in [2.24, 2.45) is 11.8 Å². The van der Waals surface area contributed by atoms with Gasteiger partial charge in [-0.2, -0.15) is 0 Å². The smallest absolute Gasteiger partial charge is 0.262 e. The average Bonchev–Trinajstić information content (AvgIpc) is 2.97. The zero-order valence-electron chi connectivity index (χ0n) is 17.5. The highest BCUT2D eigenvalue weighted by atomic mass is 32.2. The SMILES string of the molecule is Cc1ccc(NS(=O)(=O)c2cc(CN3C(=O)C4CCCCC4C3=O)ccc2C)cc1F. The maximum Gasteiger partial charge on any atom is 0.262 e. The number of carbonyl (C=O) groups is 2. The summed E-state index contributed by atoms with van der Waals surface area (Å²) in [5, 5.41) is 0. The fourth-order valence-corrected chi connectivity index (χ4v) is 5.81. The number of aryl methyl sites for hydroxylation is 2. The van der Waals surface area contributed by atoms with E-state index < -0.39 is 15.8 Å². The number of rotatable bonds is 5. The van der Waals surface area contributed by atoms with Gasteiger partial charge in [0, 0.05) is 0 Å². The summed E-state index contributed by atoms with van der Waals surface area (Å²) in [4.78, 5) is 26.8. The van der Waals surface area contributed by atoms with Crippen molar-refractivity contribution in [2.45, 2.75) is 51.0 Å². The van der Waals surface area contributed by atoms with Crippen LogP contribution < -0.4 is 4.72 Å². The Labute approximate surface area is 181 Å². The van der Waals surface area contributed by atoms with E-state index in [1.165, 1.54) is 23.1 Å². The molecule has 6 nitrogen and oxygen atoms in total. The Morgan fingerprint density at radius 1 is 0.968 bits per heavy atom. The van der Waals surface area contributed by atoms with Gasteiger partial charge in [0.05, 0.1) is 29.0 Å². The van der Waals surface area contributed by atoms with Crippen molar-refractivity contribution in [1.82, 2.24) is 4.90 Å². The molecule has 1 aliphatic carbocycles. The Balaban J connectivity index is 1.59. The number of likely N-dealkylation sites (tertiary alicyclic amines) is 1. The maximum atomic E-state index is 13.8. The second kappa shape index (κ2) is 8.07. The summed E-state index contributed by atoms with van der Waals surface area (Å²) in [7, 11) is -3.98. The van der Waals surface area contributed by atoms with Crippen LogP contribution in [0, 0.1) is 31.5 Å². The molecule has 164 valence electrons. The number of amides is 2. The van der Waals surface area contributed by atoms with Gasteiger partial charge in [-0.05, 0) is 61.6 Å². The molecule has 8 heteroatoms. The third-order valence-corrected chi connectivity index (χ3v) is 7.76. The van der Waals surface area contributed by atoms with Crippen molar-refractivity contribution in [3.8, 4) is 0 Å². The van der Waals surface area contributed by atoms with Gasteiger partial charge in [0.2, 0.25) is 11.8 Å². The van der Waals surface area contributed by atoms with Gasteiger partial charge < -0.3 is 0 Å². The first-order valence-electron chi connectivity index (χ1n) is 10.4. The van der Waals surface area contributed by atoms with E-state index in [9.17, 15) is 22.4 Å². The number of benzene rings is 2. The van der Waals surface area contributed by atoms with Crippen LogP contribution in [-0.4, -0.2) is 25.1 Å². The molecule has 2 unspecified atom stereocenters. The van der Waals surface area contributed by atoms with Crippen LogP contribution in [0.3, 0.4) is 0 Å². The van der Waals surface area contributed by atoms with Crippen molar-refractivity contribution < 1.29 is 22.4 Å². The molecule has 1 heterocycles. The van der Waals surface area contributed by atoms with Crippen molar-refractivity contribution in [1.29, 1.82) is 0 Å². The summed E-state index contributed by atoms with van der Waals surface area (Å²) in [6.07, 6.45) is 3.37. The minimum Gasteiger partial charge on any atom is -0.280 e. The summed E-state index contributed by atoms with van der Waals surface area (Å²) in [5.74, 6) is -1.31. The van der Waals surface area contributed by atoms with Gasteiger partial charge in [-0.3, -0.25) is 19.2 Å². The first-order valence-corrected chi connectivity index (χ1v) is 11.9. The van der Waals surface area contributed by atoms with Crippen LogP contribution in [0.15, 0.2) is 41.3 Å². The zero-order valence-corrected chi connectivity index (χ0v) is 18.3. The molecule has 0 bridgehead atoms. The molecular weight excluding hydrogens is 419 g/mol. The molecule has 31 heavy (non-hydrogen) atoms. The number of sulfonamides is 1. The lowest BCUT2D eigenvalue weighted by molar-refractivity contribution is -0.140. The van der Waals surface area contributed by atoms with Gasteiger partial charge in [-0.15, -0.1) is 0 Å². The molecule has 1 aliphatic heterocycles.